The molecule has 0 radical (unpaired) electrons. The van der Waals surface area contributed by atoms with Gasteiger partial charge in [0.05, 0.1) is 7.11 Å². The second-order valence-corrected chi connectivity index (χ2v) is 5.81. The molecule has 0 aliphatic carbocycles. The van der Waals surface area contributed by atoms with E-state index in [-0.39, 0.29) is 0 Å². The Labute approximate surface area is 147 Å². The van der Waals surface area contributed by atoms with Crippen LogP contribution in [0, 0.1) is 11.3 Å². The monoisotopic (exact) mass is 338 g/mol. The Morgan fingerprint density at radius 3 is 2.68 bits per heavy atom. The summed E-state index contributed by atoms with van der Waals surface area (Å²) in [5.74, 6) is 1.77. The van der Waals surface area contributed by atoms with Gasteiger partial charge in [-0.15, -0.1) is 0 Å². The summed E-state index contributed by atoms with van der Waals surface area (Å²) in [5, 5.41) is 9.37. The number of anilines is 1. The number of ether oxygens (including phenoxy) is 1. The van der Waals surface area contributed by atoms with Crippen molar-refractivity contribution in [1.29, 1.82) is 5.26 Å². The maximum Gasteiger partial charge on any atom is 0.235 e. The van der Waals surface area contributed by atoms with Crippen LogP contribution in [0.1, 0.15) is 24.1 Å². The zero-order valence-electron chi connectivity index (χ0n) is 14.6. The van der Waals surface area contributed by atoms with E-state index in [1.165, 1.54) is 0 Å². The van der Waals surface area contributed by atoms with Crippen molar-refractivity contribution in [2.75, 3.05) is 44.7 Å². The molecule has 3 rings (SSSR count). The first-order chi connectivity index (χ1) is 12.2. The van der Waals surface area contributed by atoms with Crippen molar-refractivity contribution in [2.24, 2.45) is 0 Å². The maximum absolute atomic E-state index is 9.37. The number of nitriles is 1. The number of rotatable bonds is 5. The quantitative estimate of drug-likeness (QED) is 0.835. The van der Waals surface area contributed by atoms with Gasteiger partial charge in [-0.1, -0.05) is 25.1 Å². The van der Waals surface area contributed by atoms with E-state index in [1.807, 2.05) is 30.3 Å². The lowest BCUT2D eigenvalue weighted by atomic mass is 10.2. The number of hydrogen-bond acceptors (Lipinski definition) is 6. The molecule has 0 spiro atoms. The molecule has 2 aromatic rings. The van der Waals surface area contributed by atoms with Gasteiger partial charge in [0.15, 0.2) is 0 Å². The summed E-state index contributed by atoms with van der Waals surface area (Å²) in [7, 11) is 1.64. The van der Waals surface area contributed by atoms with Crippen LogP contribution >= 0.6 is 0 Å². The van der Waals surface area contributed by atoms with Gasteiger partial charge in [0.1, 0.15) is 11.8 Å². The van der Waals surface area contributed by atoms with Crippen molar-refractivity contribution >= 4 is 18.0 Å². The Morgan fingerprint density at radius 1 is 1.24 bits per heavy atom. The number of benzene rings is 1. The number of likely N-dealkylation sites (N-methyl/N-ethyl adjacent to an activating group) is 1. The predicted molar refractivity (Wildman–Crippen MR) is 97.5 cm³/mol. The van der Waals surface area contributed by atoms with Gasteiger partial charge in [-0.05, 0) is 18.7 Å². The summed E-state index contributed by atoms with van der Waals surface area (Å²) in [4.78, 5) is 8.77. The highest BCUT2D eigenvalue weighted by molar-refractivity contribution is 5.70. The van der Waals surface area contributed by atoms with E-state index >= 15 is 0 Å². The van der Waals surface area contributed by atoms with Gasteiger partial charge in [-0.3, -0.25) is 0 Å². The van der Waals surface area contributed by atoms with E-state index in [9.17, 15) is 5.26 Å². The smallest absolute Gasteiger partial charge is 0.235 e. The van der Waals surface area contributed by atoms with Crippen molar-refractivity contribution in [3.63, 3.8) is 0 Å². The van der Waals surface area contributed by atoms with E-state index in [0.717, 1.165) is 44.0 Å². The summed E-state index contributed by atoms with van der Waals surface area (Å²) in [5.41, 5.74) is 1.27. The molecule has 1 aliphatic heterocycles. The highest BCUT2D eigenvalue weighted by Gasteiger charge is 2.23. The molecule has 0 saturated carbocycles. The van der Waals surface area contributed by atoms with Crippen LogP contribution in [-0.2, 0) is 0 Å². The molecule has 0 bridgehead atoms. The van der Waals surface area contributed by atoms with Crippen LogP contribution in [0.15, 0.2) is 28.7 Å². The molecule has 1 aromatic heterocycles. The van der Waals surface area contributed by atoms with Gasteiger partial charge in [0, 0.05) is 37.8 Å². The fourth-order valence-electron chi connectivity index (χ4n) is 2.92. The molecule has 1 saturated heterocycles. The lowest BCUT2D eigenvalue weighted by molar-refractivity contribution is 0.266. The molecule has 1 fully saturated rings. The lowest BCUT2D eigenvalue weighted by Gasteiger charge is -2.33. The van der Waals surface area contributed by atoms with E-state index in [0.29, 0.717) is 17.5 Å². The Balaban J connectivity index is 1.79. The molecule has 0 N–H and O–H groups in total. The number of aromatic nitrogens is 1. The highest BCUT2D eigenvalue weighted by Crippen LogP contribution is 2.25. The van der Waals surface area contributed by atoms with Crippen LogP contribution in [0.25, 0.3) is 12.2 Å². The number of nitrogens with zero attached hydrogens (tertiary/aromatic N) is 4. The first-order valence-electron chi connectivity index (χ1n) is 8.44. The number of hydrogen-bond donors (Lipinski definition) is 0. The van der Waals surface area contributed by atoms with Crippen molar-refractivity contribution in [1.82, 2.24) is 9.88 Å². The van der Waals surface area contributed by atoms with Crippen LogP contribution in [-0.4, -0.2) is 49.7 Å². The Kier molecular flexibility index (Phi) is 5.36. The SMILES string of the molecule is CCN1CCN(c2oc(C=Cc3ccccc3OC)nc2C#N)CC1. The van der Waals surface area contributed by atoms with Crippen molar-refractivity contribution in [3.05, 3.63) is 41.4 Å². The Hall–Kier alpha value is -2.78. The molecular weight excluding hydrogens is 316 g/mol. The summed E-state index contributed by atoms with van der Waals surface area (Å²) < 4.78 is 11.2. The molecule has 130 valence electrons. The van der Waals surface area contributed by atoms with Gasteiger partial charge in [-0.25, -0.2) is 0 Å². The molecule has 6 heteroatoms. The van der Waals surface area contributed by atoms with Crippen LogP contribution in [0.3, 0.4) is 0 Å². The third-order valence-corrected chi connectivity index (χ3v) is 4.38. The predicted octanol–water partition coefficient (Wildman–Crippen LogP) is 2.87. The normalized spacial score (nSPS) is 15.5. The fraction of sp³-hybridized carbons (Fsp3) is 0.368. The molecule has 1 aliphatic rings. The first-order valence-corrected chi connectivity index (χ1v) is 8.44. The van der Waals surface area contributed by atoms with Crippen LogP contribution in [0.5, 0.6) is 5.75 Å². The third kappa shape index (κ3) is 3.83. The fourth-order valence-corrected chi connectivity index (χ4v) is 2.92. The van der Waals surface area contributed by atoms with Crippen LogP contribution in [0.2, 0.25) is 0 Å². The number of methoxy groups -OCH3 is 1. The van der Waals surface area contributed by atoms with Crippen molar-refractivity contribution in [2.45, 2.75) is 6.92 Å². The topological polar surface area (TPSA) is 65.5 Å². The zero-order valence-corrected chi connectivity index (χ0v) is 14.6. The molecule has 0 unspecified atom stereocenters. The standard InChI is InChI=1S/C19H22N4O2/c1-3-22-10-12-23(13-11-22)19-16(14-20)21-18(25-19)9-8-15-6-4-5-7-17(15)24-2/h4-9H,3,10-13H2,1-2H3. The average molecular weight is 338 g/mol. The van der Waals surface area contributed by atoms with Crippen LogP contribution in [0.4, 0.5) is 5.88 Å². The number of piperazine rings is 1. The average Bonchev–Trinajstić information content (AvgIpc) is 3.10. The largest absolute Gasteiger partial charge is 0.496 e. The molecule has 0 atom stereocenters. The second-order valence-electron chi connectivity index (χ2n) is 5.81. The van der Waals surface area contributed by atoms with Gasteiger partial charge >= 0.3 is 0 Å². The lowest BCUT2D eigenvalue weighted by Crippen LogP contribution is -2.46. The molecule has 25 heavy (non-hydrogen) atoms. The van der Waals surface area contributed by atoms with Gasteiger partial charge in [-0.2, -0.15) is 10.2 Å². The first kappa shape index (κ1) is 17.1. The Bertz CT molecular complexity index is 783. The van der Waals surface area contributed by atoms with Gasteiger partial charge < -0.3 is 19.0 Å². The summed E-state index contributed by atoms with van der Waals surface area (Å²) >= 11 is 0. The maximum atomic E-state index is 9.37. The summed E-state index contributed by atoms with van der Waals surface area (Å²) in [6, 6.07) is 9.85. The van der Waals surface area contributed by atoms with E-state index < -0.39 is 0 Å². The van der Waals surface area contributed by atoms with Gasteiger partial charge in [0.2, 0.25) is 17.5 Å². The van der Waals surface area contributed by atoms with Crippen molar-refractivity contribution < 1.29 is 9.15 Å². The van der Waals surface area contributed by atoms with Crippen LogP contribution < -0.4 is 9.64 Å². The molecule has 0 amide bonds. The molecular formula is C19H22N4O2. The number of oxazole rings is 1. The van der Waals surface area contributed by atoms with Crippen molar-refractivity contribution in [3.8, 4) is 11.8 Å². The summed E-state index contributed by atoms with van der Waals surface area (Å²) in [6.07, 6.45) is 3.65. The molecule has 2 heterocycles. The zero-order chi connectivity index (χ0) is 17.6. The van der Waals surface area contributed by atoms with E-state index in [2.05, 4.69) is 27.8 Å². The van der Waals surface area contributed by atoms with E-state index in [4.69, 9.17) is 9.15 Å². The minimum Gasteiger partial charge on any atom is -0.496 e. The Morgan fingerprint density at radius 2 is 2.00 bits per heavy atom. The minimum atomic E-state index is 0.338. The van der Waals surface area contributed by atoms with E-state index in [1.54, 1.807) is 13.2 Å². The minimum absolute atomic E-state index is 0.338. The van der Waals surface area contributed by atoms with Gasteiger partial charge in [0.25, 0.3) is 0 Å². The number of para-hydroxylation sites is 1. The summed E-state index contributed by atoms with van der Waals surface area (Å²) in [6.45, 7) is 6.82. The highest BCUT2D eigenvalue weighted by atomic mass is 16.5. The molecule has 1 aromatic carbocycles. The third-order valence-electron chi connectivity index (χ3n) is 4.38. The second kappa shape index (κ2) is 7.86. The molecule has 6 nitrogen and oxygen atoms in total.